The van der Waals surface area contributed by atoms with E-state index in [2.05, 4.69) is 5.32 Å². The Kier molecular flexibility index (Phi) is 9.12. The van der Waals surface area contributed by atoms with Gasteiger partial charge in [-0.25, -0.2) is 0 Å². The Hall–Kier alpha value is -2.10. The standard InChI is InChI=1S/C21H26BCl2NO7/c1-4-21(11-19(28)29)20(30)31-22(32-21)17(9-12(2)3)25-18(27)8-7-16(26)14-10-13(23)5-6-15(14)24/h5-6,10,12,17H,4,7-9,11H2,1-3H3,(H,25,27)(H,28,29)/t17-,21?/m0/s1. The van der Waals surface area contributed by atoms with Crippen LogP contribution in [0.15, 0.2) is 18.2 Å². The number of benzene rings is 1. The van der Waals surface area contributed by atoms with Gasteiger partial charge in [-0.05, 0) is 37.0 Å². The molecule has 1 aromatic rings. The lowest BCUT2D eigenvalue weighted by molar-refractivity contribution is -0.152. The number of amides is 1. The van der Waals surface area contributed by atoms with Crippen LogP contribution in [0.2, 0.25) is 10.0 Å². The molecule has 2 N–H and O–H groups in total. The molecular formula is C21H26BCl2NO7. The van der Waals surface area contributed by atoms with Crippen LogP contribution in [0, 0.1) is 5.92 Å². The lowest BCUT2D eigenvalue weighted by Crippen LogP contribution is -2.49. The molecule has 8 nitrogen and oxygen atoms in total. The molecule has 1 aliphatic rings. The first-order valence-electron chi connectivity index (χ1n) is 10.4. The van der Waals surface area contributed by atoms with Gasteiger partial charge >= 0.3 is 19.1 Å². The van der Waals surface area contributed by atoms with Crippen molar-refractivity contribution < 1.29 is 33.6 Å². The van der Waals surface area contributed by atoms with Crippen molar-refractivity contribution in [3.8, 4) is 0 Å². The third kappa shape index (κ3) is 6.70. The summed E-state index contributed by atoms with van der Waals surface area (Å²) >= 11 is 11.9. The molecule has 1 saturated heterocycles. The highest BCUT2D eigenvalue weighted by molar-refractivity contribution is 6.51. The maximum absolute atomic E-state index is 12.6. The van der Waals surface area contributed by atoms with Crippen molar-refractivity contribution in [3.05, 3.63) is 33.8 Å². The number of halogens is 2. The molecule has 32 heavy (non-hydrogen) atoms. The maximum atomic E-state index is 12.6. The Morgan fingerprint density at radius 2 is 1.91 bits per heavy atom. The maximum Gasteiger partial charge on any atom is 0.552 e. The predicted octanol–water partition coefficient (Wildman–Crippen LogP) is 3.71. The summed E-state index contributed by atoms with van der Waals surface area (Å²) < 4.78 is 11.1. The molecule has 1 aromatic carbocycles. The summed E-state index contributed by atoms with van der Waals surface area (Å²) in [7, 11) is -1.12. The van der Waals surface area contributed by atoms with Gasteiger partial charge in [0.15, 0.2) is 11.4 Å². The summed E-state index contributed by atoms with van der Waals surface area (Å²) in [5, 5.41) is 12.5. The molecule has 1 fully saturated rings. The van der Waals surface area contributed by atoms with Gasteiger partial charge in [-0.3, -0.25) is 19.2 Å². The number of Topliss-reactive ketones (excluding diaryl/α,β-unsaturated/α-hetero) is 1. The number of carboxylic acids is 1. The van der Waals surface area contributed by atoms with Gasteiger partial charge in [-0.2, -0.15) is 0 Å². The monoisotopic (exact) mass is 485 g/mol. The number of aliphatic carboxylic acids is 1. The number of carbonyl (C=O) groups excluding carboxylic acids is 3. The number of carbonyl (C=O) groups is 4. The topological polar surface area (TPSA) is 119 Å². The lowest BCUT2D eigenvalue weighted by Gasteiger charge is -2.24. The minimum atomic E-state index is -1.59. The van der Waals surface area contributed by atoms with Crippen LogP contribution in [-0.4, -0.2) is 47.4 Å². The fourth-order valence-corrected chi connectivity index (χ4v) is 3.88. The number of carboxylic acid groups (broad SMARTS) is 1. The van der Waals surface area contributed by atoms with Crippen LogP contribution in [0.5, 0.6) is 0 Å². The summed E-state index contributed by atoms with van der Waals surface area (Å²) in [6, 6.07) is 4.52. The van der Waals surface area contributed by atoms with Crippen LogP contribution >= 0.6 is 23.2 Å². The van der Waals surface area contributed by atoms with Gasteiger partial charge in [0.05, 0.1) is 17.4 Å². The zero-order valence-electron chi connectivity index (χ0n) is 18.2. The summed E-state index contributed by atoms with van der Waals surface area (Å²) in [6.07, 6.45) is -0.207. The Labute approximate surface area is 197 Å². The molecule has 1 amide bonds. The molecule has 2 rings (SSSR count). The van der Waals surface area contributed by atoms with Gasteiger partial charge in [0.1, 0.15) is 0 Å². The molecular weight excluding hydrogens is 460 g/mol. The first-order valence-corrected chi connectivity index (χ1v) is 11.1. The van der Waals surface area contributed by atoms with E-state index in [4.69, 9.17) is 37.6 Å². The highest BCUT2D eigenvalue weighted by atomic mass is 35.5. The van der Waals surface area contributed by atoms with Crippen molar-refractivity contribution in [1.82, 2.24) is 5.32 Å². The fourth-order valence-electron chi connectivity index (χ4n) is 3.48. The molecule has 1 aliphatic heterocycles. The normalized spacial score (nSPS) is 19.1. The summed E-state index contributed by atoms with van der Waals surface area (Å²) in [5.41, 5.74) is -1.35. The van der Waals surface area contributed by atoms with Gasteiger partial charge in [-0.1, -0.05) is 44.0 Å². The third-order valence-electron chi connectivity index (χ3n) is 5.15. The first-order chi connectivity index (χ1) is 15.0. The molecule has 0 saturated carbocycles. The van der Waals surface area contributed by atoms with Crippen molar-refractivity contribution in [2.45, 2.75) is 64.4 Å². The van der Waals surface area contributed by atoms with Gasteiger partial charge in [0.25, 0.3) is 0 Å². The molecule has 0 aromatic heterocycles. The molecule has 2 atom stereocenters. The summed E-state index contributed by atoms with van der Waals surface area (Å²) in [4.78, 5) is 48.6. The molecule has 174 valence electrons. The Morgan fingerprint density at radius 1 is 1.22 bits per heavy atom. The van der Waals surface area contributed by atoms with E-state index in [0.717, 1.165) is 0 Å². The van der Waals surface area contributed by atoms with Crippen molar-refractivity contribution in [1.29, 1.82) is 0 Å². The zero-order valence-corrected chi connectivity index (χ0v) is 19.7. The minimum Gasteiger partial charge on any atom is -0.506 e. The molecule has 1 heterocycles. The van der Waals surface area contributed by atoms with Crippen LogP contribution in [0.3, 0.4) is 0 Å². The van der Waals surface area contributed by atoms with E-state index in [0.29, 0.717) is 11.4 Å². The van der Waals surface area contributed by atoms with Gasteiger partial charge in [0, 0.05) is 23.4 Å². The number of nitrogens with one attached hydrogen (secondary N) is 1. The van der Waals surface area contributed by atoms with Crippen LogP contribution in [0.1, 0.15) is 63.2 Å². The van der Waals surface area contributed by atoms with Crippen LogP contribution in [0.4, 0.5) is 0 Å². The predicted molar refractivity (Wildman–Crippen MR) is 120 cm³/mol. The smallest absolute Gasteiger partial charge is 0.506 e. The van der Waals surface area contributed by atoms with Gasteiger partial charge < -0.3 is 19.7 Å². The van der Waals surface area contributed by atoms with Crippen LogP contribution < -0.4 is 5.32 Å². The second kappa shape index (κ2) is 11.2. The lowest BCUT2D eigenvalue weighted by atomic mass is 9.73. The highest BCUT2D eigenvalue weighted by Gasteiger charge is 2.55. The van der Waals surface area contributed by atoms with Crippen molar-refractivity contribution in [2.75, 3.05) is 0 Å². The molecule has 0 aliphatic carbocycles. The van der Waals surface area contributed by atoms with Crippen molar-refractivity contribution in [2.24, 2.45) is 5.92 Å². The average Bonchev–Trinajstić information content (AvgIpc) is 3.03. The number of rotatable bonds is 11. The van der Waals surface area contributed by atoms with E-state index in [1.807, 2.05) is 13.8 Å². The number of ketones is 1. The summed E-state index contributed by atoms with van der Waals surface area (Å²) in [6.45, 7) is 5.48. The SMILES string of the molecule is CCC1(CC(=O)O)OB([C@H](CC(C)C)NC(=O)CCC(=O)c2cc(Cl)ccc2Cl)OC1=O. The molecule has 1 unspecified atom stereocenters. The minimum absolute atomic E-state index is 0.0937. The summed E-state index contributed by atoms with van der Waals surface area (Å²) in [5.74, 6) is -3.30. The van der Waals surface area contributed by atoms with E-state index in [-0.39, 0.29) is 41.5 Å². The van der Waals surface area contributed by atoms with E-state index >= 15 is 0 Å². The van der Waals surface area contributed by atoms with Crippen LogP contribution in [-0.2, 0) is 23.7 Å². The van der Waals surface area contributed by atoms with Gasteiger partial charge in [-0.15, -0.1) is 0 Å². The molecule has 11 heteroatoms. The zero-order chi connectivity index (χ0) is 24.1. The highest BCUT2D eigenvalue weighted by Crippen LogP contribution is 2.32. The number of hydrogen-bond donors (Lipinski definition) is 2. The first kappa shape index (κ1) is 26.2. The van der Waals surface area contributed by atoms with Crippen LogP contribution in [0.25, 0.3) is 0 Å². The second-order valence-corrected chi connectivity index (χ2v) is 9.00. The quantitative estimate of drug-likeness (QED) is 0.362. The van der Waals surface area contributed by atoms with Crippen molar-refractivity contribution in [3.63, 3.8) is 0 Å². The molecule has 0 bridgehead atoms. The van der Waals surface area contributed by atoms with E-state index in [1.54, 1.807) is 13.0 Å². The average molecular weight is 486 g/mol. The van der Waals surface area contributed by atoms with E-state index < -0.39 is 42.9 Å². The van der Waals surface area contributed by atoms with Crippen molar-refractivity contribution >= 4 is 53.9 Å². The molecule has 0 spiro atoms. The third-order valence-corrected chi connectivity index (χ3v) is 5.72. The number of hydrogen-bond acceptors (Lipinski definition) is 6. The Bertz CT molecular complexity index is 895. The fraction of sp³-hybridized carbons (Fsp3) is 0.524. The Morgan fingerprint density at radius 3 is 2.50 bits per heavy atom. The van der Waals surface area contributed by atoms with Gasteiger partial charge in [0.2, 0.25) is 5.91 Å². The molecule has 0 radical (unpaired) electrons. The van der Waals surface area contributed by atoms with E-state index in [1.165, 1.54) is 12.1 Å². The van der Waals surface area contributed by atoms with E-state index in [9.17, 15) is 19.2 Å². The largest absolute Gasteiger partial charge is 0.552 e. The second-order valence-electron chi connectivity index (χ2n) is 8.16. The Balaban J connectivity index is 2.05.